The van der Waals surface area contributed by atoms with Gasteiger partial charge in [-0.25, -0.2) is 9.18 Å². The Kier molecular flexibility index (Phi) is 9.41. The number of pyridine rings is 1. The fourth-order valence-corrected chi connectivity index (χ4v) is 4.63. The maximum atomic E-state index is 16.2. The van der Waals surface area contributed by atoms with Gasteiger partial charge in [0.15, 0.2) is 23.6 Å². The number of ether oxygens (including phenoxy) is 5. The molecule has 0 saturated carbocycles. The quantitative estimate of drug-likeness (QED) is 0.229. The molecule has 3 atom stereocenters. The molecule has 0 aliphatic carbocycles. The summed E-state index contributed by atoms with van der Waals surface area (Å²) in [5.41, 5.74) is 0.104. The summed E-state index contributed by atoms with van der Waals surface area (Å²) in [6, 6.07) is 9.29. The van der Waals surface area contributed by atoms with Gasteiger partial charge in [-0.15, -0.1) is 10.2 Å². The predicted molar refractivity (Wildman–Crippen MR) is 146 cm³/mol. The molecule has 1 aliphatic rings. The van der Waals surface area contributed by atoms with E-state index in [4.69, 9.17) is 23.7 Å². The Hall–Kier alpha value is -4.15. The van der Waals surface area contributed by atoms with Gasteiger partial charge in [0, 0.05) is 20.1 Å². The SMILES string of the molecule is CCn1c(COCc2ccccc2)nn(-c2nc(O[C@@H](C)C(F)(F)F)c3c(OC4CCOCC4OC)nncc3c2F)c1=O. The second kappa shape index (κ2) is 13.2. The lowest BCUT2D eigenvalue weighted by molar-refractivity contribution is -0.189. The van der Waals surface area contributed by atoms with Crippen LogP contribution < -0.4 is 15.2 Å². The Morgan fingerprint density at radius 3 is 2.61 bits per heavy atom. The van der Waals surface area contributed by atoms with E-state index in [2.05, 4.69) is 20.3 Å². The molecule has 1 aromatic carbocycles. The van der Waals surface area contributed by atoms with Gasteiger partial charge in [-0.05, 0) is 19.4 Å². The maximum Gasteiger partial charge on any atom is 0.425 e. The third kappa shape index (κ3) is 6.51. The highest BCUT2D eigenvalue weighted by atomic mass is 19.4. The van der Waals surface area contributed by atoms with E-state index in [1.165, 1.54) is 11.7 Å². The highest BCUT2D eigenvalue weighted by Crippen LogP contribution is 2.37. The summed E-state index contributed by atoms with van der Waals surface area (Å²) in [6.45, 7) is 3.25. The lowest BCUT2D eigenvalue weighted by Crippen LogP contribution is -2.42. The van der Waals surface area contributed by atoms with Crippen molar-refractivity contribution >= 4 is 10.8 Å². The smallest absolute Gasteiger partial charge is 0.425 e. The number of aromatic nitrogens is 6. The third-order valence-electron chi connectivity index (χ3n) is 7.03. The predicted octanol–water partition coefficient (Wildman–Crippen LogP) is 3.76. The van der Waals surface area contributed by atoms with Crippen LogP contribution in [0, 0.1) is 5.82 Å². The van der Waals surface area contributed by atoms with E-state index in [1.807, 2.05) is 30.3 Å². The molecule has 1 saturated heterocycles. The maximum absolute atomic E-state index is 16.2. The van der Waals surface area contributed by atoms with Crippen molar-refractivity contribution in [3.63, 3.8) is 0 Å². The molecule has 16 heteroatoms. The standard InChI is InChI=1S/C28H30F4N6O6/c1-4-37-21(15-42-13-17-8-6-5-7-9-17)36-38(27(37)39)24-23(29)18-12-33-35-26(44-19-10-11-41-14-20(19)40-3)22(18)25(34-24)43-16(2)28(30,31)32/h5-9,12,16,19-20H,4,10-11,13-15H2,1-3H3/t16-,19?,20?/m0/s1. The van der Waals surface area contributed by atoms with Crippen LogP contribution >= 0.6 is 0 Å². The Balaban J connectivity index is 1.58. The lowest BCUT2D eigenvalue weighted by Gasteiger charge is -2.30. The number of hydrogen-bond acceptors (Lipinski definition) is 10. The minimum atomic E-state index is -4.80. The molecule has 0 amide bonds. The second-order valence-electron chi connectivity index (χ2n) is 9.92. The van der Waals surface area contributed by atoms with Crippen molar-refractivity contribution in [2.24, 2.45) is 0 Å². The molecule has 12 nitrogen and oxygen atoms in total. The topological polar surface area (TPSA) is 125 Å². The summed E-state index contributed by atoms with van der Waals surface area (Å²) >= 11 is 0. The van der Waals surface area contributed by atoms with Crippen molar-refractivity contribution in [2.45, 2.75) is 64.5 Å². The molecule has 0 radical (unpaired) electrons. The molecule has 0 N–H and O–H groups in total. The van der Waals surface area contributed by atoms with E-state index in [-0.39, 0.29) is 48.8 Å². The van der Waals surface area contributed by atoms with Gasteiger partial charge < -0.3 is 23.7 Å². The zero-order valence-corrected chi connectivity index (χ0v) is 24.1. The van der Waals surface area contributed by atoms with Gasteiger partial charge in [0.05, 0.1) is 31.4 Å². The van der Waals surface area contributed by atoms with Crippen LogP contribution in [-0.4, -0.2) is 74.3 Å². The average Bonchev–Trinajstić information content (AvgIpc) is 3.33. The number of halogens is 4. The number of nitrogens with zero attached hydrogens (tertiary/aromatic N) is 6. The van der Waals surface area contributed by atoms with Crippen LogP contribution in [0.1, 0.15) is 31.7 Å². The van der Waals surface area contributed by atoms with Gasteiger partial charge in [0.2, 0.25) is 11.8 Å². The third-order valence-corrected chi connectivity index (χ3v) is 7.03. The molecule has 0 spiro atoms. The average molecular weight is 623 g/mol. The Morgan fingerprint density at radius 1 is 1.14 bits per heavy atom. The van der Waals surface area contributed by atoms with Gasteiger partial charge >= 0.3 is 11.9 Å². The first-order valence-electron chi connectivity index (χ1n) is 13.8. The van der Waals surface area contributed by atoms with Gasteiger partial charge in [0.1, 0.15) is 24.2 Å². The normalized spacial score (nSPS) is 18.0. The first-order chi connectivity index (χ1) is 21.1. The van der Waals surface area contributed by atoms with E-state index < -0.39 is 47.7 Å². The van der Waals surface area contributed by atoms with Crippen molar-refractivity contribution in [1.29, 1.82) is 0 Å². The van der Waals surface area contributed by atoms with E-state index in [9.17, 15) is 18.0 Å². The Labute approximate surface area is 248 Å². The molecule has 5 rings (SSSR count). The fourth-order valence-electron chi connectivity index (χ4n) is 4.63. The minimum Gasteiger partial charge on any atom is -0.470 e. The zero-order chi connectivity index (χ0) is 31.4. The molecule has 4 heterocycles. The Bertz CT molecular complexity index is 1650. The monoisotopic (exact) mass is 622 g/mol. The number of fused-ring (bicyclic) bond motifs is 1. The van der Waals surface area contributed by atoms with E-state index in [0.717, 1.165) is 18.7 Å². The van der Waals surface area contributed by atoms with Crippen LogP contribution in [0.4, 0.5) is 17.6 Å². The molecule has 3 aromatic heterocycles. The minimum absolute atomic E-state index is 0.107. The van der Waals surface area contributed by atoms with Crippen LogP contribution in [0.2, 0.25) is 0 Å². The van der Waals surface area contributed by atoms with Gasteiger partial charge in [-0.3, -0.25) is 4.57 Å². The van der Waals surface area contributed by atoms with Crippen LogP contribution in [0.15, 0.2) is 41.3 Å². The number of rotatable bonds is 11. The molecular formula is C28H30F4N6O6. The first-order valence-corrected chi connectivity index (χ1v) is 13.8. The Morgan fingerprint density at radius 2 is 1.91 bits per heavy atom. The fraction of sp³-hybridized carbons (Fsp3) is 0.464. The summed E-state index contributed by atoms with van der Waals surface area (Å²) in [5, 5.41) is 11.3. The number of methoxy groups -OCH3 is 1. The molecule has 44 heavy (non-hydrogen) atoms. The summed E-state index contributed by atoms with van der Waals surface area (Å²) in [5.74, 6) is -2.63. The largest absolute Gasteiger partial charge is 0.470 e. The molecule has 236 valence electrons. The van der Waals surface area contributed by atoms with Gasteiger partial charge in [-0.1, -0.05) is 30.3 Å². The van der Waals surface area contributed by atoms with E-state index in [1.54, 1.807) is 6.92 Å². The summed E-state index contributed by atoms with van der Waals surface area (Å²) < 4.78 is 86.6. The molecule has 2 unspecified atom stereocenters. The number of hydrogen-bond donors (Lipinski definition) is 0. The van der Waals surface area contributed by atoms with E-state index in [0.29, 0.717) is 17.7 Å². The van der Waals surface area contributed by atoms with Gasteiger partial charge in [0.25, 0.3) is 0 Å². The van der Waals surface area contributed by atoms with Crippen LogP contribution in [-0.2, 0) is 34.0 Å². The molecular weight excluding hydrogens is 592 g/mol. The molecule has 1 fully saturated rings. The van der Waals surface area contributed by atoms with Crippen molar-refractivity contribution in [3.05, 3.63) is 64.2 Å². The lowest BCUT2D eigenvalue weighted by atomic mass is 10.1. The van der Waals surface area contributed by atoms with Crippen LogP contribution in [0.5, 0.6) is 11.8 Å². The summed E-state index contributed by atoms with van der Waals surface area (Å²) in [6.07, 6.45) is -6.98. The van der Waals surface area contributed by atoms with Crippen molar-refractivity contribution in [2.75, 3.05) is 20.3 Å². The molecule has 1 aliphatic heterocycles. The molecule has 0 bridgehead atoms. The van der Waals surface area contributed by atoms with Crippen molar-refractivity contribution < 1.29 is 41.2 Å². The highest BCUT2D eigenvalue weighted by molar-refractivity contribution is 5.92. The van der Waals surface area contributed by atoms with Gasteiger partial charge in [-0.2, -0.15) is 27.9 Å². The van der Waals surface area contributed by atoms with Crippen LogP contribution in [0.3, 0.4) is 0 Å². The second-order valence-corrected chi connectivity index (χ2v) is 9.92. The molecule has 4 aromatic rings. The van der Waals surface area contributed by atoms with Crippen molar-refractivity contribution in [1.82, 2.24) is 29.5 Å². The van der Waals surface area contributed by atoms with E-state index >= 15 is 4.39 Å². The summed E-state index contributed by atoms with van der Waals surface area (Å²) in [4.78, 5) is 17.4. The highest BCUT2D eigenvalue weighted by Gasteiger charge is 2.40. The van der Waals surface area contributed by atoms with Crippen LogP contribution in [0.25, 0.3) is 16.6 Å². The summed E-state index contributed by atoms with van der Waals surface area (Å²) in [7, 11) is 1.45. The van der Waals surface area contributed by atoms with Crippen molar-refractivity contribution in [3.8, 4) is 17.6 Å². The number of alkyl halides is 3. The first kappa shape index (κ1) is 31.3. The zero-order valence-electron chi connectivity index (χ0n) is 24.1. The number of benzene rings is 1.